The average molecular weight is 571 g/mol. The highest BCUT2D eigenvalue weighted by atomic mass is 16.7. The summed E-state index contributed by atoms with van der Waals surface area (Å²) < 4.78 is 29.5. The predicted molar refractivity (Wildman–Crippen MR) is 142 cm³/mol. The number of aliphatic hydroxyl groups excluding tert-OH is 4. The molecular weight excluding hydrogens is 536 g/mol. The van der Waals surface area contributed by atoms with Crippen LogP contribution in [0.15, 0.2) is 40.2 Å². The summed E-state index contributed by atoms with van der Waals surface area (Å²) in [5, 5.41) is 58.5. The summed E-state index contributed by atoms with van der Waals surface area (Å²) in [6.45, 7) is 1.97. The predicted octanol–water partition coefficient (Wildman–Crippen LogP) is 1.22. The normalized spacial score (nSPS) is 36.0. The molecule has 7 atom stereocenters. The Labute approximate surface area is 236 Å². The lowest BCUT2D eigenvalue weighted by Gasteiger charge is -2.52. The van der Waals surface area contributed by atoms with Gasteiger partial charge in [0.05, 0.1) is 41.5 Å². The summed E-state index contributed by atoms with van der Waals surface area (Å²) in [6, 6.07) is 1.87. The van der Waals surface area contributed by atoms with Crippen LogP contribution in [0.1, 0.15) is 48.2 Å². The molecule has 7 N–H and O–H groups in total. The van der Waals surface area contributed by atoms with Crippen LogP contribution in [0.4, 0.5) is 0 Å². The third-order valence-electron chi connectivity index (χ3n) is 9.53. The number of hydrogen-bond acceptors (Lipinski definition) is 12. The molecule has 6 aliphatic rings. The van der Waals surface area contributed by atoms with Crippen molar-refractivity contribution in [1.29, 1.82) is 0 Å². The zero-order chi connectivity index (χ0) is 29.0. The molecule has 0 aromatic heterocycles. The van der Waals surface area contributed by atoms with Gasteiger partial charge in [0.1, 0.15) is 42.0 Å². The van der Waals surface area contributed by atoms with Crippen LogP contribution < -0.4 is 5.84 Å². The molecule has 12 nitrogen and oxygen atoms in total. The number of methoxy groups -OCH3 is 2. The fourth-order valence-electron chi connectivity index (χ4n) is 7.57. The second-order valence-electron chi connectivity index (χ2n) is 11.6. The van der Waals surface area contributed by atoms with Crippen molar-refractivity contribution in [3.05, 3.63) is 62.4 Å². The van der Waals surface area contributed by atoms with Gasteiger partial charge in [-0.3, -0.25) is 5.01 Å². The van der Waals surface area contributed by atoms with E-state index < -0.39 is 42.2 Å². The van der Waals surface area contributed by atoms with Crippen LogP contribution in [0.5, 0.6) is 5.75 Å². The molecule has 3 heterocycles. The third-order valence-corrected chi connectivity index (χ3v) is 9.53. The van der Waals surface area contributed by atoms with Gasteiger partial charge in [-0.05, 0) is 24.1 Å². The topological polar surface area (TPSA) is 177 Å². The largest absolute Gasteiger partial charge is 0.507 e. The molecule has 0 saturated carbocycles. The number of hydrazine groups is 1. The second-order valence-corrected chi connectivity index (χ2v) is 11.6. The zero-order valence-electron chi connectivity index (χ0n) is 23.0. The fraction of sp³-hybridized carbons (Fsp3) is 0.517. The number of nitrogens with zero attached hydrogens (tertiary/aromatic N) is 1. The van der Waals surface area contributed by atoms with Crippen LogP contribution in [0.3, 0.4) is 0 Å². The van der Waals surface area contributed by atoms with Crippen LogP contribution in [-0.2, 0) is 30.1 Å². The van der Waals surface area contributed by atoms with Gasteiger partial charge in [0.2, 0.25) is 0 Å². The molecule has 1 saturated heterocycles. The number of aliphatic hydroxyl groups is 4. The Kier molecular flexibility index (Phi) is 6.10. The van der Waals surface area contributed by atoms with E-state index in [9.17, 15) is 25.5 Å². The van der Waals surface area contributed by atoms with Crippen LogP contribution in [0, 0.1) is 5.41 Å². The molecular formula is C29H34N2O10. The maximum Gasteiger partial charge on any atom is 0.170 e. The highest BCUT2D eigenvalue weighted by molar-refractivity contribution is 5.87. The number of hydrogen-bond donors (Lipinski definition) is 6. The lowest BCUT2D eigenvalue weighted by atomic mass is 9.59. The minimum absolute atomic E-state index is 0.0602. The SMILES string of the molecule is CO[C@H]1C[C@@H](O)[C@H](OC)C2=C1C(O)C1=C(CC34COCO[C@@H]3Cc3cc5c(c(O)c3C4=C1O)C(O)N(N)C(C)=C5)O2. The second kappa shape index (κ2) is 9.28. The summed E-state index contributed by atoms with van der Waals surface area (Å²) in [5.41, 5.74) is 2.40. The van der Waals surface area contributed by atoms with E-state index in [1.165, 1.54) is 19.2 Å². The van der Waals surface area contributed by atoms with E-state index in [0.717, 1.165) is 5.56 Å². The first kappa shape index (κ1) is 26.9. The van der Waals surface area contributed by atoms with Gasteiger partial charge in [-0.2, -0.15) is 0 Å². The molecule has 41 heavy (non-hydrogen) atoms. The van der Waals surface area contributed by atoms with E-state index in [-0.39, 0.29) is 54.6 Å². The molecule has 0 amide bonds. The number of allylic oxidation sites excluding steroid dienone is 2. The summed E-state index contributed by atoms with van der Waals surface area (Å²) in [5.74, 6) is 6.16. The van der Waals surface area contributed by atoms with Gasteiger partial charge in [-0.15, -0.1) is 0 Å². The van der Waals surface area contributed by atoms with E-state index >= 15 is 0 Å². The van der Waals surface area contributed by atoms with Gasteiger partial charge in [-0.1, -0.05) is 6.07 Å². The van der Waals surface area contributed by atoms with Crippen molar-refractivity contribution in [1.82, 2.24) is 5.01 Å². The highest BCUT2D eigenvalue weighted by Gasteiger charge is 2.58. The first-order valence-electron chi connectivity index (χ1n) is 13.6. The monoisotopic (exact) mass is 570 g/mol. The molecule has 3 unspecified atom stereocenters. The molecule has 3 aliphatic carbocycles. The summed E-state index contributed by atoms with van der Waals surface area (Å²) in [6.07, 6.45) is -3.02. The van der Waals surface area contributed by atoms with Crippen LogP contribution in [0.2, 0.25) is 0 Å². The Hall–Kier alpha value is -2.94. The van der Waals surface area contributed by atoms with Crippen LogP contribution >= 0.6 is 0 Å². The summed E-state index contributed by atoms with van der Waals surface area (Å²) >= 11 is 0. The number of benzene rings is 1. The van der Waals surface area contributed by atoms with E-state index in [1.54, 1.807) is 13.0 Å². The maximum atomic E-state index is 12.1. The van der Waals surface area contributed by atoms with Crippen LogP contribution in [0.25, 0.3) is 11.6 Å². The van der Waals surface area contributed by atoms with Crippen molar-refractivity contribution in [3.8, 4) is 5.75 Å². The van der Waals surface area contributed by atoms with Crippen molar-refractivity contribution >= 4 is 11.6 Å². The van der Waals surface area contributed by atoms with E-state index in [0.29, 0.717) is 40.2 Å². The zero-order valence-corrected chi connectivity index (χ0v) is 23.0. The molecule has 7 rings (SSSR count). The molecule has 0 radical (unpaired) electrons. The minimum atomic E-state index is -1.33. The fourth-order valence-corrected chi connectivity index (χ4v) is 7.57. The van der Waals surface area contributed by atoms with Gasteiger partial charge >= 0.3 is 0 Å². The van der Waals surface area contributed by atoms with Crippen molar-refractivity contribution in [2.45, 2.75) is 62.9 Å². The third kappa shape index (κ3) is 3.50. The Morgan fingerprint density at radius 2 is 1.93 bits per heavy atom. The quantitative estimate of drug-likeness (QED) is 0.281. The molecule has 1 aromatic rings. The van der Waals surface area contributed by atoms with E-state index in [2.05, 4.69) is 0 Å². The number of rotatable bonds is 2. The number of fused-ring (bicyclic) bond motifs is 3. The Morgan fingerprint density at radius 3 is 2.66 bits per heavy atom. The number of phenols is 1. The molecule has 12 heteroatoms. The Balaban J connectivity index is 1.45. The first-order valence-corrected chi connectivity index (χ1v) is 13.6. The molecule has 1 spiro atoms. The highest BCUT2D eigenvalue weighted by Crippen LogP contribution is 2.61. The molecule has 0 bridgehead atoms. The molecule has 3 aliphatic heterocycles. The lowest BCUT2D eigenvalue weighted by molar-refractivity contribution is -0.195. The van der Waals surface area contributed by atoms with Crippen LogP contribution in [-0.4, -0.2) is 88.7 Å². The van der Waals surface area contributed by atoms with Gasteiger partial charge < -0.3 is 49.2 Å². The number of phenolic OH excluding ortho intramolecular Hbond substituents is 1. The number of ether oxygens (including phenoxy) is 5. The molecule has 220 valence electrons. The minimum Gasteiger partial charge on any atom is -0.507 e. The lowest BCUT2D eigenvalue weighted by Crippen LogP contribution is -2.54. The van der Waals surface area contributed by atoms with Crippen molar-refractivity contribution in [3.63, 3.8) is 0 Å². The molecule has 1 fully saturated rings. The van der Waals surface area contributed by atoms with Gasteiger partial charge in [-0.25, -0.2) is 5.84 Å². The van der Waals surface area contributed by atoms with Crippen molar-refractivity contribution in [2.75, 3.05) is 27.6 Å². The number of nitrogens with two attached hydrogens (primary N) is 1. The smallest absolute Gasteiger partial charge is 0.170 e. The summed E-state index contributed by atoms with van der Waals surface area (Å²) in [4.78, 5) is 0. The van der Waals surface area contributed by atoms with Gasteiger partial charge in [0, 0.05) is 55.9 Å². The average Bonchev–Trinajstić information content (AvgIpc) is 2.94. The van der Waals surface area contributed by atoms with E-state index in [1.807, 2.05) is 6.07 Å². The van der Waals surface area contributed by atoms with Crippen molar-refractivity contribution < 1.29 is 49.2 Å². The maximum absolute atomic E-state index is 12.1. The van der Waals surface area contributed by atoms with Gasteiger partial charge in [0.25, 0.3) is 0 Å². The van der Waals surface area contributed by atoms with Crippen molar-refractivity contribution in [2.24, 2.45) is 11.3 Å². The van der Waals surface area contributed by atoms with Gasteiger partial charge in [0.15, 0.2) is 6.23 Å². The summed E-state index contributed by atoms with van der Waals surface area (Å²) in [7, 11) is 2.93. The number of aromatic hydroxyl groups is 1. The first-order chi connectivity index (χ1) is 19.6. The van der Waals surface area contributed by atoms with E-state index in [4.69, 9.17) is 29.5 Å². The Morgan fingerprint density at radius 1 is 1.15 bits per heavy atom. The Bertz CT molecular complexity index is 1460. The standard InChI is InChI=1S/C29H34N2O10/c1-11-4-12-5-13-6-17-29(9-39-10-40-17)8-16-20(25(35)22(29)18(13)23(33)19(12)28(36)31(11)30)24(34)21-15(37-2)7-14(32)26(38-3)27(21)41-16/h4-5,14-15,17,24,26,28,32-36H,6-10,30H2,1-3H3/t14-,15+,17-,24?,26+,28?,29?/m1/s1. The molecule has 1 aromatic carbocycles.